The van der Waals surface area contributed by atoms with Crippen LogP contribution in [0.2, 0.25) is 18.6 Å². The van der Waals surface area contributed by atoms with Crippen molar-refractivity contribution in [2.24, 2.45) is 23.7 Å². The number of hydrogen-bond acceptors (Lipinski definition) is 8. The molecule has 0 radical (unpaired) electrons. The minimum Gasteiger partial charge on any atom is -0.432 e. The molecule has 0 saturated carbocycles. The maximum Gasteiger partial charge on any atom is 0.224 e. The van der Waals surface area contributed by atoms with Crippen LogP contribution in [0, 0.1) is 23.7 Å². The SMILES string of the molecule is CC(C)C[C@H](NC(=O)[C@H](CCc1ccccc1)CC(=O)CN1CC([Si](C)(C)O)C1)C(=O)C[C@@H](Cc1ccccc1)C(=O)N[C@@H](CC(C)C)C(=O)[C@@]1(C)CO1. The summed E-state index contributed by atoms with van der Waals surface area (Å²) in [7, 11) is -2.27. The molecule has 0 bridgehead atoms. The monoisotopic (exact) mass is 761 g/mol. The summed E-state index contributed by atoms with van der Waals surface area (Å²) < 4.78 is 5.43. The summed E-state index contributed by atoms with van der Waals surface area (Å²) in [6.07, 6.45) is 2.09. The molecule has 2 aromatic rings. The fourth-order valence-electron chi connectivity index (χ4n) is 7.23. The van der Waals surface area contributed by atoms with Crippen LogP contribution in [0.25, 0.3) is 0 Å². The van der Waals surface area contributed by atoms with Crippen molar-refractivity contribution in [1.29, 1.82) is 0 Å². The van der Waals surface area contributed by atoms with Gasteiger partial charge in [-0.2, -0.15) is 0 Å². The van der Waals surface area contributed by atoms with Gasteiger partial charge in [-0.15, -0.1) is 0 Å². The molecule has 54 heavy (non-hydrogen) atoms. The zero-order valence-corrected chi connectivity index (χ0v) is 34.4. The number of Topliss-reactive ketones (excluding diaryl/α,β-unsaturated/α-hetero) is 3. The van der Waals surface area contributed by atoms with Crippen LogP contribution in [0.4, 0.5) is 0 Å². The number of nitrogens with zero attached hydrogens (tertiary/aromatic N) is 1. The fourth-order valence-corrected chi connectivity index (χ4v) is 8.64. The van der Waals surface area contributed by atoms with Crippen molar-refractivity contribution >= 4 is 37.5 Å². The first-order valence-corrected chi connectivity index (χ1v) is 22.8. The lowest BCUT2D eigenvalue weighted by molar-refractivity contribution is -0.135. The number of nitrogens with one attached hydrogen (secondary N) is 2. The van der Waals surface area contributed by atoms with Gasteiger partial charge in [-0.05, 0) is 75.1 Å². The first-order chi connectivity index (χ1) is 25.4. The summed E-state index contributed by atoms with van der Waals surface area (Å²) >= 11 is 0. The molecule has 0 aromatic heterocycles. The largest absolute Gasteiger partial charge is 0.432 e. The van der Waals surface area contributed by atoms with Crippen molar-refractivity contribution in [1.82, 2.24) is 15.5 Å². The van der Waals surface area contributed by atoms with Crippen molar-refractivity contribution in [3.63, 3.8) is 0 Å². The van der Waals surface area contributed by atoms with Gasteiger partial charge in [0.15, 0.2) is 19.9 Å². The fraction of sp³-hybridized carbons (Fsp3) is 0.605. The Labute approximate surface area is 323 Å². The minimum atomic E-state index is -2.27. The molecule has 0 unspecified atom stereocenters. The van der Waals surface area contributed by atoms with Gasteiger partial charge in [0, 0.05) is 43.3 Å². The maximum absolute atomic E-state index is 14.2. The molecule has 5 atom stereocenters. The number of ketones is 3. The highest BCUT2D eigenvalue weighted by Crippen LogP contribution is 2.31. The molecule has 296 valence electrons. The van der Waals surface area contributed by atoms with Gasteiger partial charge in [0.25, 0.3) is 0 Å². The third-order valence-corrected chi connectivity index (χ3v) is 13.2. The van der Waals surface area contributed by atoms with Gasteiger partial charge in [-0.25, -0.2) is 0 Å². The maximum atomic E-state index is 14.2. The smallest absolute Gasteiger partial charge is 0.224 e. The number of hydrogen-bond donors (Lipinski definition) is 3. The summed E-state index contributed by atoms with van der Waals surface area (Å²) in [6, 6.07) is 17.7. The van der Waals surface area contributed by atoms with Crippen LogP contribution in [0.3, 0.4) is 0 Å². The van der Waals surface area contributed by atoms with E-state index in [2.05, 4.69) is 10.6 Å². The van der Waals surface area contributed by atoms with Crippen molar-refractivity contribution in [2.45, 2.75) is 116 Å². The van der Waals surface area contributed by atoms with E-state index in [1.807, 2.05) is 106 Å². The Morgan fingerprint density at radius 2 is 1.33 bits per heavy atom. The number of epoxide rings is 1. The van der Waals surface area contributed by atoms with Crippen LogP contribution in [-0.4, -0.2) is 91.1 Å². The van der Waals surface area contributed by atoms with Crippen LogP contribution in [0.15, 0.2) is 60.7 Å². The second kappa shape index (κ2) is 19.4. The zero-order chi connectivity index (χ0) is 39.6. The number of aryl methyl sites for hydroxylation is 1. The average molecular weight is 762 g/mol. The molecule has 2 fully saturated rings. The Hall–Kier alpha value is -3.51. The van der Waals surface area contributed by atoms with E-state index < -0.39 is 37.8 Å². The molecule has 0 spiro atoms. The van der Waals surface area contributed by atoms with Crippen LogP contribution in [0.5, 0.6) is 0 Å². The number of ether oxygens (including phenoxy) is 1. The second-order valence-electron chi connectivity index (χ2n) is 17.3. The standard InChI is InChI=1S/C43H63N3O7Si/c1-29(2)20-37(44-41(50)33(19-18-31-14-10-8-11-15-31)23-35(47)25-46-26-36(27-46)54(6,7)52)39(48)24-34(22-32-16-12-9-13-17-32)42(51)45-38(21-30(3)4)40(49)43(5)28-53-43/h8-17,29-30,33-34,36-38,52H,18-28H2,1-7H3,(H,44,50)(H,45,51)/t33-,34-,37+,38+,43-/m1/s1. The number of benzene rings is 2. The van der Waals surface area contributed by atoms with E-state index in [9.17, 15) is 28.8 Å². The summed E-state index contributed by atoms with van der Waals surface area (Å²) in [5.41, 5.74) is 1.27. The minimum absolute atomic E-state index is 0.0404. The second-order valence-corrected chi connectivity index (χ2v) is 21.5. The lowest BCUT2D eigenvalue weighted by Gasteiger charge is -2.43. The van der Waals surface area contributed by atoms with Crippen LogP contribution in [0.1, 0.15) is 77.8 Å². The Balaban J connectivity index is 1.50. The predicted octanol–water partition coefficient (Wildman–Crippen LogP) is 5.32. The van der Waals surface area contributed by atoms with Crippen molar-refractivity contribution in [2.75, 3.05) is 26.2 Å². The van der Waals surface area contributed by atoms with Gasteiger partial charge >= 0.3 is 0 Å². The molecular formula is C43H63N3O7Si. The van der Waals surface area contributed by atoms with Gasteiger partial charge in [-0.3, -0.25) is 28.9 Å². The molecule has 0 aliphatic carbocycles. The Bertz CT molecular complexity index is 1570. The van der Waals surface area contributed by atoms with E-state index >= 15 is 0 Å². The number of amides is 2. The molecule has 2 aromatic carbocycles. The van der Waals surface area contributed by atoms with E-state index in [0.717, 1.165) is 11.1 Å². The first-order valence-electron chi connectivity index (χ1n) is 19.8. The van der Waals surface area contributed by atoms with Crippen molar-refractivity contribution < 1.29 is 33.5 Å². The van der Waals surface area contributed by atoms with Gasteiger partial charge in [0.1, 0.15) is 11.4 Å². The van der Waals surface area contributed by atoms with E-state index in [1.165, 1.54) is 0 Å². The van der Waals surface area contributed by atoms with Crippen LogP contribution in [-0.2, 0) is 41.6 Å². The highest BCUT2D eigenvalue weighted by molar-refractivity contribution is 6.71. The number of rotatable bonds is 23. The molecule has 2 saturated heterocycles. The molecule has 2 aliphatic rings. The summed E-state index contributed by atoms with van der Waals surface area (Å²) in [6.45, 7) is 15.4. The topological polar surface area (TPSA) is 145 Å². The Kier molecular flexibility index (Phi) is 15.5. The predicted molar refractivity (Wildman–Crippen MR) is 213 cm³/mol. The highest BCUT2D eigenvalue weighted by Gasteiger charge is 2.50. The molecule has 3 N–H and O–H groups in total. The highest BCUT2D eigenvalue weighted by atomic mass is 28.4. The zero-order valence-electron chi connectivity index (χ0n) is 33.4. The normalized spacial score (nSPS) is 19.7. The van der Waals surface area contributed by atoms with E-state index in [4.69, 9.17) is 4.74 Å². The molecule has 2 amide bonds. The van der Waals surface area contributed by atoms with Crippen LogP contribution < -0.4 is 10.6 Å². The van der Waals surface area contributed by atoms with Gasteiger partial charge in [-0.1, -0.05) is 88.4 Å². The van der Waals surface area contributed by atoms with E-state index in [-0.39, 0.29) is 65.9 Å². The molecule has 4 rings (SSSR count). The summed E-state index contributed by atoms with van der Waals surface area (Å²) in [5, 5.41) is 6.02. The van der Waals surface area contributed by atoms with Crippen LogP contribution >= 0.6 is 0 Å². The summed E-state index contributed by atoms with van der Waals surface area (Å²) in [4.78, 5) is 81.6. The number of carbonyl (C=O) groups excluding carboxylic acids is 5. The molecular weight excluding hydrogens is 699 g/mol. The third-order valence-electron chi connectivity index (χ3n) is 10.8. The average Bonchev–Trinajstić information content (AvgIpc) is 3.84. The van der Waals surface area contributed by atoms with E-state index in [1.54, 1.807) is 6.92 Å². The Morgan fingerprint density at radius 1 is 0.815 bits per heavy atom. The van der Waals surface area contributed by atoms with Crippen molar-refractivity contribution in [3.8, 4) is 0 Å². The number of likely N-dealkylation sites (tertiary alicyclic amines) is 1. The molecule has 10 nitrogen and oxygen atoms in total. The summed E-state index contributed by atoms with van der Waals surface area (Å²) in [5.74, 6) is -2.39. The quantitative estimate of drug-likeness (QED) is 0.102. The molecule has 11 heteroatoms. The first kappa shape index (κ1) is 43.2. The van der Waals surface area contributed by atoms with Crippen molar-refractivity contribution in [3.05, 3.63) is 71.8 Å². The molecule has 2 heterocycles. The number of carbonyl (C=O) groups is 5. The van der Waals surface area contributed by atoms with E-state index in [0.29, 0.717) is 51.8 Å². The third kappa shape index (κ3) is 13.4. The van der Waals surface area contributed by atoms with Gasteiger partial charge in [0.2, 0.25) is 11.8 Å². The lowest BCUT2D eigenvalue weighted by atomic mass is 9.87. The van der Waals surface area contributed by atoms with Gasteiger partial charge < -0.3 is 20.2 Å². The Morgan fingerprint density at radius 3 is 1.87 bits per heavy atom. The lowest BCUT2D eigenvalue weighted by Crippen LogP contribution is -2.55. The van der Waals surface area contributed by atoms with Gasteiger partial charge in [0.05, 0.1) is 25.2 Å². The molecule has 2 aliphatic heterocycles.